The van der Waals surface area contributed by atoms with Crippen molar-refractivity contribution in [1.29, 1.82) is 5.26 Å². The van der Waals surface area contributed by atoms with Gasteiger partial charge in [0.2, 0.25) is 0 Å². The van der Waals surface area contributed by atoms with Crippen molar-refractivity contribution in [2.24, 2.45) is 0 Å². The number of nitrogens with zero attached hydrogens (tertiary/aromatic N) is 5. The zero-order chi connectivity index (χ0) is 17.2. The van der Waals surface area contributed by atoms with Gasteiger partial charge in [0.15, 0.2) is 5.69 Å². The Balaban J connectivity index is 1.80. The summed E-state index contributed by atoms with van der Waals surface area (Å²) >= 11 is 1.61. The van der Waals surface area contributed by atoms with Gasteiger partial charge in [-0.05, 0) is 18.2 Å². The highest BCUT2D eigenvalue weighted by molar-refractivity contribution is 7.99. The van der Waals surface area contributed by atoms with E-state index in [9.17, 15) is 20.2 Å². The third kappa shape index (κ3) is 3.07. The van der Waals surface area contributed by atoms with Crippen molar-refractivity contribution in [3.05, 3.63) is 46.3 Å². The molecule has 1 aromatic carbocycles. The second-order valence-corrected chi connectivity index (χ2v) is 6.38. The molecule has 24 heavy (non-hydrogen) atoms. The van der Waals surface area contributed by atoms with E-state index in [4.69, 9.17) is 0 Å². The maximum absolute atomic E-state index is 12.3. The van der Waals surface area contributed by atoms with Crippen molar-refractivity contribution in [3.8, 4) is 11.8 Å². The van der Waals surface area contributed by atoms with Crippen LogP contribution in [-0.2, 0) is 0 Å². The van der Waals surface area contributed by atoms with E-state index in [1.165, 1.54) is 29.1 Å². The van der Waals surface area contributed by atoms with E-state index in [0.29, 0.717) is 17.9 Å². The van der Waals surface area contributed by atoms with Crippen LogP contribution in [0, 0.1) is 21.4 Å². The molecule has 1 N–H and O–H groups in total. The first kappa shape index (κ1) is 15.9. The van der Waals surface area contributed by atoms with Crippen molar-refractivity contribution in [3.63, 3.8) is 0 Å². The van der Waals surface area contributed by atoms with Crippen LogP contribution < -0.4 is 5.32 Å². The maximum Gasteiger partial charge on any atom is 0.274 e. The third-order valence-corrected chi connectivity index (χ3v) is 4.81. The van der Waals surface area contributed by atoms with E-state index in [-0.39, 0.29) is 11.4 Å². The van der Waals surface area contributed by atoms with E-state index in [1.807, 2.05) is 0 Å². The lowest BCUT2D eigenvalue weighted by atomic mass is 10.0. The van der Waals surface area contributed by atoms with Crippen molar-refractivity contribution >= 4 is 23.4 Å². The summed E-state index contributed by atoms with van der Waals surface area (Å²) in [7, 11) is 0. The van der Waals surface area contributed by atoms with Gasteiger partial charge >= 0.3 is 0 Å². The van der Waals surface area contributed by atoms with E-state index in [1.54, 1.807) is 17.8 Å². The molecule has 2 heterocycles. The Morgan fingerprint density at radius 1 is 1.54 bits per heavy atom. The van der Waals surface area contributed by atoms with Crippen LogP contribution in [0.5, 0.6) is 0 Å². The van der Waals surface area contributed by atoms with E-state index >= 15 is 0 Å². The molecule has 1 unspecified atom stereocenters. The Labute approximate surface area is 140 Å². The molecule has 1 saturated heterocycles. The Morgan fingerprint density at radius 2 is 2.38 bits per heavy atom. The molecule has 0 aliphatic carbocycles. The second kappa shape index (κ2) is 6.29. The van der Waals surface area contributed by atoms with Gasteiger partial charge in [-0.15, -0.1) is 5.10 Å². The minimum absolute atomic E-state index is 0.0491. The van der Waals surface area contributed by atoms with E-state index < -0.39 is 16.4 Å². The zero-order valence-corrected chi connectivity index (χ0v) is 13.2. The average molecular weight is 344 g/mol. The lowest BCUT2D eigenvalue weighted by molar-refractivity contribution is -0.384. The Morgan fingerprint density at radius 3 is 3.04 bits per heavy atom. The lowest BCUT2D eigenvalue weighted by Crippen LogP contribution is -2.47. The molecule has 1 aliphatic heterocycles. The normalized spacial score (nSPS) is 19.6. The number of hydrogen-bond donors (Lipinski definition) is 1. The number of thioether (sulfide) groups is 1. The molecule has 1 aliphatic rings. The summed E-state index contributed by atoms with van der Waals surface area (Å²) in [5.41, 5.74) is -0.493. The van der Waals surface area contributed by atoms with Gasteiger partial charge in [0, 0.05) is 17.9 Å². The van der Waals surface area contributed by atoms with E-state index in [2.05, 4.69) is 21.7 Å². The molecule has 0 spiro atoms. The minimum atomic E-state index is -0.878. The van der Waals surface area contributed by atoms with Gasteiger partial charge in [0.25, 0.3) is 11.6 Å². The molecule has 0 bridgehead atoms. The molecule has 122 valence electrons. The van der Waals surface area contributed by atoms with Crippen LogP contribution in [0.15, 0.2) is 30.5 Å². The third-order valence-electron chi connectivity index (χ3n) is 3.62. The summed E-state index contributed by atoms with van der Waals surface area (Å²) in [6.45, 7) is 0. The van der Waals surface area contributed by atoms with Crippen molar-refractivity contribution in [1.82, 2.24) is 20.3 Å². The molecule has 0 saturated carbocycles. The number of carbonyl (C=O) groups is 1. The number of hydrogen-bond acceptors (Lipinski definition) is 7. The SMILES string of the molecule is N#CC1(NC(=O)c2cn(-c3cccc([N+](=O)[O-])c3)nn2)CCSC1. The van der Waals surface area contributed by atoms with Crippen LogP contribution >= 0.6 is 11.8 Å². The first-order valence-corrected chi connectivity index (χ1v) is 8.17. The highest BCUT2D eigenvalue weighted by Gasteiger charge is 2.36. The highest BCUT2D eigenvalue weighted by Crippen LogP contribution is 2.27. The van der Waals surface area contributed by atoms with Crippen LogP contribution in [0.4, 0.5) is 5.69 Å². The van der Waals surface area contributed by atoms with Gasteiger partial charge in [0.05, 0.1) is 22.9 Å². The zero-order valence-electron chi connectivity index (χ0n) is 12.4. The summed E-state index contributed by atoms with van der Waals surface area (Å²) in [6, 6.07) is 7.99. The molecule has 1 amide bonds. The predicted molar refractivity (Wildman–Crippen MR) is 85.8 cm³/mol. The summed E-state index contributed by atoms with van der Waals surface area (Å²) in [5.74, 6) is 0.860. The second-order valence-electron chi connectivity index (χ2n) is 5.28. The van der Waals surface area contributed by atoms with Gasteiger partial charge in [-0.2, -0.15) is 17.0 Å². The summed E-state index contributed by atoms with van der Waals surface area (Å²) < 4.78 is 1.28. The van der Waals surface area contributed by atoms with Gasteiger partial charge in [-0.25, -0.2) is 4.68 Å². The minimum Gasteiger partial charge on any atom is -0.332 e. The monoisotopic (exact) mass is 344 g/mol. The number of nitro groups is 1. The van der Waals surface area contributed by atoms with Gasteiger partial charge in [-0.3, -0.25) is 14.9 Å². The lowest BCUT2D eigenvalue weighted by Gasteiger charge is -2.20. The molecular weight excluding hydrogens is 332 g/mol. The number of nitriles is 1. The van der Waals surface area contributed by atoms with Gasteiger partial charge in [-0.1, -0.05) is 11.3 Å². The number of rotatable bonds is 4. The first-order chi connectivity index (χ1) is 11.5. The van der Waals surface area contributed by atoms with Crippen LogP contribution in [-0.4, -0.2) is 42.9 Å². The predicted octanol–water partition coefficient (Wildman–Crippen LogP) is 1.30. The fourth-order valence-electron chi connectivity index (χ4n) is 2.30. The standard InChI is InChI=1S/C14H12N6O3S/c15-8-14(4-5-24-9-14)16-13(21)12-7-19(18-17-12)10-2-1-3-11(6-10)20(22)23/h1-3,6-7H,4-5,9H2,(H,16,21). The van der Waals surface area contributed by atoms with Crippen LogP contribution in [0.3, 0.4) is 0 Å². The van der Waals surface area contributed by atoms with Gasteiger partial charge in [0.1, 0.15) is 5.54 Å². The van der Waals surface area contributed by atoms with Crippen LogP contribution in [0.1, 0.15) is 16.9 Å². The Hall–Kier alpha value is -2.93. The molecule has 10 heteroatoms. The van der Waals surface area contributed by atoms with Crippen molar-refractivity contribution in [2.45, 2.75) is 12.0 Å². The smallest absolute Gasteiger partial charge is 0.274 e. The molecule has 1 aromatic heterocycles. The quantitative estimate of drug-likeness (QED) is 0.654. The van der Waals surface area contributed by atoms with Crippen LogP contribution in [0.25, 0.3) is 5.69 Å². The largest absolute Gasteiger partial charge is 0.332 e. The molecule has 2 aromatic rings. The summed E-state index contributed by atoms with van der Waals surface area (Å²) in [6.07, 6.45) is 1.96. The molecule has 1 atom stereocenters. The molecule has 3 rings (SSSR count). The molecule has 0 radical (unpaired) electrons. The van der Waals surface area contributed by atoms with Crippen molar-refractivity contribution < 1.29 is 9.72 Å². The fourth-order valence-corrected chi connectivity index (χ4v) is 3.57. The first-order valence-electron chi connectivity index (χ1n) is 7.02. The Kier molecular flexibility index (Phi) is 4.18. The number of nitro benzene ring substituents is 1. The number of amides is 1. The number of benzene rings is 1. The topological polar surface area (TPSA) is 127 Å². The highest BCUT2D eigenvalue weighted by atomic mass is 32.2. The summed E-state index contributed by atoms with van der Waals surface area (Å²) in [5, 5.41) is 30.4. The fraction of sp³-hybridized carbons (Fsp3) is 0.286. The van der Waals surface area contributed by atoms with E-state index in [0.717, 1.165) is 5.75 Å². The molecule has 1 fully saturated rings. The molecule has 9 nitrogen and oxygen atoms in total. The van der Waals surface area contributed by atoms with Crippen molar-refractivity contribution in [2.75, 3.05) is 11.5 Å². The van der Waals surface area contributed by atoms with Gasteiger partial charge < -0.3 is 5.32 Å². The maximum atomic E-state index is 12.3. The molecular formula is C14H12N6O3S. The van der Waals surface area contributed by atoms with Crippen LogP contribution in [0.2, 0.25) is 0 Å². The summed E-state index contributed by atoms with van der Waals surface area (Å²) in [4.78, 5) is 22.6. The number of non-ortho nitro benzene ring substituents is 1. The average Bonchev–Trinajstić information content (AvgIpc) is 3.25. The Bertz CT molecular complexity index is 837. The number of aromatic nitrogens is 3. The number of carbonyl (C=O) groups excluding carboxylic acids is 1. The number of nitrogens with one attached hydrogen (secondary N) is 1.